The fourth-order valence-electron chi connectivity index (χ4n) is 2.60. The number of rotatable bonds is 4. The van der Waals surface area contributed by atoms with Crippen LogP contribution in [0.5, 0.6) is 0 Å². The molecule has 0 aliphatic heterocycles. The lowest BCUT2D eigenvalue weighted by Crippen LogP contribution is -2.22. The maximum atomic E-state index is 14.2. The number of hydrogen-bond acceptors (Lipinski definition) is 3. The molecule has 1 amide bonds. The first-order valence-electron chi connectivity index (χ1n) is 7.35. The van der Waals surface area contributed by atoms with E-state index < -0.39 is 29.0 Å². The smallest absolute Gasteiger partial charge is 0.310 e. The number of benzene rings is 1. The number of carboxylic acids is 1. The Labute approximate surface area is 136 Å². The van der Waals surface area contributed by atoms with Crippen molar-refractivity contribution in [2.75, 3.05) is 5.32 Å². The third kappa shape index (κ3) is 2.68. The number of amides is 1. The molecule has 0 saturated heterocycles. The van der Waals surface area contributed by atoms with Crippen LogP contribution in [0.15, 0.2) is 47.4 Å². The molecule has 2 aromatic rings. The standard InChI is InChI=1S/C17H15FN2O4/c1-17(16(23)24)9-11(17)15(22)19-13-6-5-10(8-12(13)18)20-7-3-2-4-14(20)21/h2-8,11H,9H2,1H3,(H,19,22)(H,23,24). The molecular formula is C17H15FN2O4. The van der Waals surface area contributed by atoms with Crippen molar-refractivity contribution in [3.63, 3.8) is 0 Å². The maximum Gasteiger partial charge on any atom is 0.310 e. The molecule has 6 nitrogen and oxygen atoms in total. The zero-order valence-electron chi connectivity index (χ0n) is 12.8. The Morgan fingerprint density at radius 2 is 2.08 bits per heavy atom. The van der Waals surface area contributed by atoms with E-state index in [0.717, 1.165) is 6.07 Å². The lowest BCUT2D eigenvalue weighted by Gasteiger charge is -2.10. The second-order valence-electron chi connectivity index (χ2n) is 6.04. The van der Waals surface area contributed by atoms with E-state index in [-0.39, 0.29) is 17.7 Å². The number of nitrogens with zero attached hydrogens (tertiary/aromatic N) is 1. The Bertz CT molecular complexity index is 892. The molecule has 2 unspecified atom stereocenters. The molecule has 0 radical (unpaired) electrons. The monoisotopic (exact) mass is 330 g/mol. The van der Waals surface area contributed by atoms with E-state index in [1.807, 2.05) is 0 Å². The normalized spacial score (nSPS) is 22.0. The van der Waals surface area contributed by atoms with Crippen molar-refractivity contribution in [3.8, 4) is 5.69 Å². The van der Waals surface area contributed by atoms with Gasteiger partial charge < -0.3 is 10.4 Å². The molecule has 2 atom stereocenters. The molecule has 1 fully saturated rings. The van der Waals surface area contributed by atoms with Gasteiger partial charge in [-0.05, 0) is 31.5 Å². The number of carboxylic acid groups (broad SMARTS) is 1. The minimum absolute atomic E-state index is 0.0487. The Hall–Kier alpha value is -2.96. The first-order valence-corrected chi connectivity index (χ1v) is 7.35. The molecule has 24 heavy (non-hydrogen) atoms. The van der Waals surface area contributed by atoms with Crippen LogP contribution in [0.2, 0.25) is 0 Å². The van der Waals surface area contributed by atoms with E-state index in [1.165, 1.54) is 35.9 Å². The number of nitrogens with one attached hydrogen (secondary N) is 1. The summed E-state index contributed by atoms with van der Waals surface area (Å²) in [6.45, 7) is 1.49. The van der Waals surface area contributed by atoms with E-state index in [4.69, 9.17) is 5.11 Å². The number of pyridine rings is 1. The fraction of sp³-hybridized carbons (Fsp3) is 0.235. The third-order valence-corrected chi connectivity index (χ3v) is 4.35. The molecule has 2 N–H and O–H groups in total. The second kappa shape index (κ2) is 5.59. The van der Waals surface area contributed by atoms with Crippen LogP contribution in [-0.4, -0.2) is 21.6 Å². The highest BCUT2D eigenvalue weighted by Gasteiger charge is 2.60. The number of aliphatic carboxylic acids is 1. The molecule has 1 aliphatic rings. The Balaban J connectivity index is 1.79. The zero-order chi connectivity index (χ0) is 17.5. The van der Waals surface area contributed by atoms with Crippen LogP contribution in [0, 0.1) is 17.2 Å². The number of carbonyl (C=O) groups excluding carboxylic acids is 1. The Morgan fingerprint density at radius 1 is 1.33 bits per heavy atom. The van der Waals surface area contributed by atoms with Crippen LogP contribution in [-0.2, 0) is 9.59 Å². The van der Waals surface area contributed by atoms with E-state index in [9.17, 15) is 18.8 Å². The number of aromatic nitrogens is 1. The summed E-state index contributed by atoms with van der Waals surface area (Å²) in [5, 5.41) is 11.5. The SMILES string of the molecule is CC1(C(=O)O)CC1C(=O)Nc1ccc(-n2ccccc2=O)cc1F. The number of halogens is 1. The summed E-state index contributed by atoms with van der Waals surface area (Å²) in [5.74, 6) is -2.94. The molecule has 0 bridgehead atoms. The van der Waals surface area contributed by atoms with Crippen molar-refractivity contribution in [3.05, 3.63) is 58.8 Å². The van der Waals surface area contributed by atoms with Gasteiger partial charge in [-0.1, -0.05) is 6.07 Å². The quantitative estimate of drug-likeness (QED) is 0.898. The minimum Gasteiger partial charge on any atom is -0.481 e. The van der Waals surface area contributed by atoms with Crippen LogP contribution >= 0.6 is 0 Å². The van der Waals surface area contributed by atoms with Gasteiger partial charge in [-0.25, -0.2) is 4.39 Å². The average Bonchev–Trinajstić information content (AvgIpc) is 3.24. The summed E-state index contributed by atoms with van der Waals surface area (Å²) in [5.41, 5.74) is -1.10. The van der Waals surface area contributed by atoms with Gasteiger partial charge in [-0.15, -0.1) is 0 Å². The van der Waals surface area contributed by atoms with Gasteiger partial charge in [0.15, 0.2) is 0 Å². The van der Waals surface area contributed by atoms with E-state index in [0.29, 0.717) is 5.69 Å². The molecule has 7 heteroatoms. The molecular weight excluding hydrogens is 315 g/mol. The third-order valence-electron chi connectivity index (χ3n) is 4.35. The van der Waals surface area contributed by atoms with Gasteiger partial charge in [-0.3, -0.25) is 19.0 Å². The summed E-state index contributed by atoms with van der Waals surface area (Å²) in [6.07, 6.45) is 1.74. The van der Waals surface area contributed by atoms with Crippen molar-refractivity contribution < 1.29 is 19.1 Å². The fourth-order valence-corrected chi connectivity index (χ4v) is 2.60. The van der Waals surface area contributed by atoms with Crippen molar-refractivity contribution in [1.29, 1.82) is 0 Å². The summed E-state index contributed by atoms with van der Waals surface area (Å²) in [7, 11) is 0. The molecule has 124 valence electrons. The summed E-state index contributed by atoms with van der Waals surface area (Å²) in [6, 6.07) is 8.58. The Kier molecular flexibility index (Phi) is 3.71. The van der Waals surface area contributed by atoms with Crippen LogP contribution < -0.4 is 10.9 Å². The lowest BCUT2D eigenvalue weighted by molar-refractivity contribution is -0.144. The van der Waals surface area contributed by atoms with E-state index in [1.54, 1.807) is 12.1 Å². The van der Waals surface area contributed by atoms with Gasteiger partial charge in [0.1, 0.15) is 5.82 Å². The maximum absolute atomic E-state index is 14.2. The van der Waals surface area contributed by atoms with Crippen molar-refractivity contribution in [1.82, 2.24) is 4.57 Å². The zero-order valence-corrected chi connectivity index (χ0v) is 12.8. The topological polar surface area (TPSA) is 88.4 Å². The highest BCUT2D eigenvalue weighted by atomic mass is 19.1. The Morgan fingerprint density at radius 3 is 2.67 bits per heavy atom. The van der Waals surface area contributed by atoms with Gasteiger partial charge in [0.05, 0.1) is 22.7 Å². The first-order chi connectivity index (χ1) is 11.3. The van der Waals surface area contributed by atoms with Gasteiger partial charge >= 0.3 is 5.97 Å². The lowest BCUT2D eigenvalue weighted by atomic mass is 10.1. The largest absolute Gasteiger partial charge is 0.481 e. The van der Waals surface area contributed by atoms with Gasteiger partial charge in [-0.2, -0.15) is 0 Å². The molecule has 1 aliphatic carbocycles. The highest BCUT2D eigenvalue weighted by Crippen LogP contribution is 2.52. The van der Waals surface area contributed by atoms with Crippen molar-refractivity contribution >= 4 is 17.6 Å². The van der Waals surface area contributed by atoms with Crippen LogP contribution in [0.3, 0.4) is 0 Å². The first kappa shape index (κ1) is 15.9. The van der Waals surface area contributed by atoms with E-state index >= 15 is 0 Å². The molecule has 3 rings (SSSR count). The van der Waals surface area contributed by atoms with Crippen molar-refractivity contribution in [2.24, 2.45) is 11.3 Å². The van der Waals surface area contributed by atoms with Crippen LogP contribution in [0.25, 0.3) is 5.69 Å². The molecule has 1 heterocycles. The number of carbonyl (C=O) groups is 2. The van der Waals surface area contributed by atoms with Crippen LogP contribution in [0.1, 0.15) is 13.3 Å². The van der Waals surface area contributed by atoms with Gasteiger partial charge in [0.2, 0.25) is 5.91 Å². The van der Waals surface area contributed by atoms with Crippen LogP contribution in [0.4, 0.5) is 10.1 Å². The highest BCUT2D eigenvalue weighted by molar-refractivity contribution is 6.00. The molecule has 1 aromatic carbocycles. The number of anilines is 1. The van der Waals surface area contributed by atoms with Crippen molar-refractivity contribution in [2.45, 2.75) is 13.3 Å². The predicted octanol–water partition coefficient (Wildman–Crippen LogP) is 2.03. The molecule has 1 saturated carbocycles. The summed E-state index contributed by atoms with van der Waals surface area (Å²) in [4.78, 5) is 34.9. The summed E-state index contributed by atoms with van der Waals surface area (Å²) < 4.78 is 15.5. The van der Waals surface area contributed by atoms with E-state index in [2.05, 4.69) is 5.32 Å². The molecule has 0 spiro atoms. The molecule has 1 aromatic heterocycles. The predicted molar refractivity (Wildman–Crippen MR) is 84.5 cm³/mol. The van der Waals surface area contributed by atoms with Gasteiger partial charge in [0, 0.05) is 18.3 Å². The average molecular weight is 330 g/mol. The second-order valence-corrected chi connectivity index (χ2v) is 6.04. The minimum atomic E-state index is -1.09. The number of hydrogen-bond donors (Lipinski definition) is 2. The van der Waals surface area contributed by atoms with Gasteiger partial charge in [0.25, 0.3) is 5.56 Å². The summed E-state index contributed by atoms with van der Waals surface area (Å²) >= 11 is 0.